The Balaban J connectivity index is 3.64. The average Bonchev–Trinajstić information content (AvgIpc) is 2.10. The highest BCUT2D eigenvalue weighted by Crippen LogP contribution is 1.71. The Hall–Kier alpha value is -1.14. The quantitative estimate of drug-likeness (QED) is 0.325. The first-order valence-electron chi connectivity index (χ1n) is 4.16. The molecular weight excluding hydrogens is 172 g/mol. The number of carbonyl (C=O) groups excluding carboxylic acids is 2. The Morgan fingerprint density at radius 3 is 2.15 bits per heavy atom. The Kier molecular flexibility index (Phi) is 5.82. The molecule has 0 bridgehead atoms. The predicted octanol–water partition coefficient (Wildman–Crippen LogP) is -1.34. The first-order valence-corrected chi connectivity index (χ1v) is 4.16. The second-order valence-electron chi connectivity index (χ2n) is 2.74. The molecule has 0 aromatic carbocycles. The summed E-state index contributed by atoms with van der Waals surface area (Å²) >= 11 is 0. The van der Waals surface area contributed by atoms with Crippen molar-refractivity contribution in [2.24, 2.45) is 0 Å². The number of rotatable bonds is 4. The number of hydrogen-bond acceptors (Lipinski definition) is 4. The molecule has 0 unspecified atom stereocenters. The van der Waals surface area contributed by atoms with Crippen LogP contribution < -0.4 is 21.7 Å². The second kappa shape index (κ2) is 6.38. The van der Waals surface area contributed by atoms with E-state index in [-0.39, 0.29) is 6.04 Å². The van der Waals surface area contributed by atoms with Gasteiger partial charge in [-0.15, -0.1) is 0 Å². The summed E-state index contributed by atoms with van der Waals surface area (Å²) in [6, 6.07) is 0.0934. The van der Waals surface area contributed by atoms with Crippen LogP contribution in [0.5, 0.6) is 0 Å². The molecule has 2 amide bonds. The summed E-state index contributed by atoms with van der Waals surface area (Å²) < 4.78 is 0. The van der Waals surface area contributed by atoms with Gasteiger partial charge in [0.15, 0.2) is 0 Å². The van der Waals surface area contributed by atoms with Gasteiger partial charge < -0.3 is 0 Å². The monoisotopic (exact) mass is 188 g/mol. The molecule has 0 saturated carbocycles. The molecule has 4 N–H and O–H groups in total. The molecule has 0 aliphatic heterocycles. The summed E-state index contributed by atoms with van der Waals surface area (Å²) in [5.41, 5.74) is 9.61. The van der Waals surface area contributed by atoms with Gasteiger partial charge in [0.25, 0.3) is 0 Å². The maximum absolute atomic E-state index is 10.9. The third-order valence-electron chi connectivity index (χ3n) is 1.06. The minimum Gasteiger partial charge on any atom is -0.283 e. The van der Waals surface area contributed by atoms with Crippen molar-refractivity contribution in [3.8, 4) is 0 Å². The lowest BCUT2D eigenvalue weighted by atomic mass is 10.4. The zero-order chi connectivity index (χ0) is 10.3. The van der Waals surface area contributed by atoms with Crippen molar-refractivity contribution >= 4 is 11.8 Å². The summed E-state index contributed by atoms with van der Waals surface area (Å²) in [7, 11) is 0. The zero-order valence-corrected chi connectivity index (χ0v) is 8.10. The highest BCUT2D eigenvalue weighted by molar-refractivity contribution is 6.34. The van der Waals surface area contributed by atoms with Crippen molar-refractivity contribution in [2.75, 3.05) is 6.54 Å². The van der Waals surface area contributed by atoms with Gasteiger partial charge in [-0.3, -0.25) is 20.4 Å². The number of amides is 2. The molecule has 0 saturated heterocycles. The van der Waals surface area contributed by atoms with E-state index in [0.29, 0.717) is 6.54 Å². The fourth-order valence-electron chi connectivity index (χ4n) is 0.492. The summed E-state index contributed by atoms with van der Waals surface area (Å²) in [4.78, 5) is 21.8. The van der Waals surface area contributed by atoms with Crippen molar-refractivity contribution in [1.29, 1.82) is 0 Å². The zero-order valence-electron chi connectivity index (χ0n) is 8.10. The van der Waals surface area contributed by atoms with Crippen molar-refractivity contribution in [2.45, 2.75) is 26.8 Å². The molecule has 0 aliphatic carbocycles. The molecule has 0 rings (SSSR count). The average molecular weight is 188 g/mol. The number of nitrogens with one attached hydrogen (secondary N) is 4. The lowest BCUT2D eigenvalue weighted by molar-refractivity contribution is -0.140. The van der Waals surface area contributed by atoms with E-state index >= 15 is 0 Å². The topological polar surface area (TPSA) is 82.3 Å². The SMILES string of the molecule is CCNNC(=O)C(=O)NNC(C)C. The molecule has 76 valence electrons. The number of carbonyl (C=O) groups is 2. The van der Waals surface area contributed by atoms with Crippen LogP contribution in [0.25, 0.3) is 0 Å². The van der Waals surface area contributed by atoms with E-state index in [1.54, 1.807) is 0 Å². The molecular formula is C7H16N4O2. The van der Waals surface area contributed by atoms with Gasteiger partial charge in [-0.05, 0) is 13.8 Å². The Bertz CT molecular complexity index is 181. The van der Waals surface area contributed by atoms with E-state index in [9.17, 15) is 9.59 Å². The Morgan fingerprint density at radius 1 is 1.15 bits per heavy atom. The standard InChI is InChI=1S/C7H16N4O2/c1-4-8-10-6(12)7(13)11-9-5(2)3/h5,8-9H,4H2,1-3H3,(H,10,12)(H,11,13). The van der Waals surface area contributed by atoms with Crippen LogP contribution in [0.3, 0.4) is 0 Å². The molecule has 0 atom stereocenters. The predicted molar refractivity (Wildman–Crippen MR) is 48.2 cm³/mol. The first-order chi connectivity index (χ1) is 6.07. The van der Waals surface area contributed by atoms with Gasteiger partial charge in [0.2, 0.25) is 0 Å². The minimum absolute atomic E-state index is 0.0934. The van der Waals surface area contributed by atoms with Crippen LogP contribution in [0.2, 0.25) is 0 Å². The number of hydrazine groups is 2. The fourth-order valence-corrected chi connectivity index (χ4v) is 0.492. The smallest absolute Gasteiger partial charge is 0.283 e. The highest BCUT2D eigenvalue weighted by atomic mass is 16.2. The van der Waals surface area contributed by atoms with Crippen LogP contribution in [0.4, 0.5) is 0 Å². The van der Waals surface area contributed by atoms with E-state index < -0.39 is 11.8 Å². The molecule has 0 heterocycles. The van der Waals surface area contributed by atoms with Gasteiger partial charge >= 0.3 is 11.8 Å². The first kappa shape index (κ1) is 11.9. The molecule has 13 heavy (non-hydrogen) atoms. The van der Waals surface area contributed by atoms with Crippen LogP contribution in [-0.4, -0.2) is 24.4 Å². The van der Waals surface area contributed by atoms with E-state index in [1.807, 2.05) is 20.8 Å². The minimum atomic E-state index is -0.713. The second-order valence-corrected chi connectivity index (χ2v) is 2.74. The van der Waals surface area contributed by atoms with Crippen molar-refractivity contribution in [3.05, 3.63) is 0 Å². The molecule has 0 fully saturated rings. The van der Waals surface area contributed by atoms with Crippen molar-refractivity contribution < 1.29 is 9.59 Å². The van der Waals surface area contributed by atoms with Crippen LogP contribution in [-0.2, 0) is 9.59 Å². The Labute approximate surface area is 77.4 Å². The molecule has 0 spiro atoms. The normalized spacial score (nSPS) is 9.85. The molecule has 0 aliphatic rings. The van der Waals surface area contributed by atoms with E-state index in [0.717, 1.165) is 0 Å². The molecule has 0 radical (unpaired) electrons. The lowest BCUT2D eigenvalue weighted by Crippen LogP contribution is -2.51. The van der Waals surface area contributed by atoms with Gasteiger partial charge in [-0.2, -0.15) is 0 Å². The van der Waals surface area contributed by atoms with Crippen LogP contribution in [0.15, 0.2) is 0 Å². The van der Waals surface area contributed by atoms with Gasteiger partial charge in [0, 0.05) is 12.6 Å². The largest absolute Gasteiger partial charge is 0.324 e. The van der Waals surface area contributed by atoms with Gasteiger partial charge in [-0.25, -0.2) is 10.9 Å². The molecule has 6 nitrogen and oxygen atoms in total. The van der Waals surface area contributed by atoms with Gasteiger partial charge in [0.05, 0.1) is 0 Å². The molecule has 0 aromatic heterocycles. The molecule has 0 aromatic rings. The van der Waals surface area contributed by atoms with Crippen molar-refractivity contribution in [3.63, 3.8) is 0 Å². The summed E-state index contributed by atoms with van der Waals surface area (Å²) in [5, 5.41) is 0. The summed E-state index contributed by atoms with van der Waals surface area (Å²) in [6.45, 7) is 6.08. The summed E-state index contributed by atoms with van der Waals surface area (Å²) in [5.74, 6) is -1.43. The van der Waals surface area contributed by atoms with Crippen molar-refractivity contribution in [1.82, 2.24) is 21.7 Å². The third kappa shape index (κ3) is 6.06. The third-order valence-corrected chi connectivity index (χ3v) is 1.06. The lowest BCUT2D eigenvalue weighted by Gasteiger charge is -2.09. The van der Waals surface area contributed by atoms with E-state index in [2.05, 4.69) is 21.7 Å². The summed E-state index contributed by atoms with van der Waals surface area (Å²) in [6.07, 6.45) is 0. The van der Waals surface area contributed by atoms with Gasteiger partial charge in [0.1, 0.15) is 0 Å². The highest BCUT2D eigenvalue weighted by Gasteiger charge is 2.11. The van der Waals surface area contributed by atoms with E-state index in [4.69, 9.17) is 0 Å². The van der Waals surface area contributed by atoms with Gasteiger partial charge in [-0.1, -0.05) is 6.92 Å². The van der Waals surface area contributed by atoms with E-state index in [1.165, 1.54) is 0 Å². The number of hydrogen-bond donors (Lipinski definition) is 4. The fraction of sp³-hybridized carbons (Fsp3) is 0.714. The molecule has 6 heteroatoms. The Morgan fingerprint density at radius 2 is 1.69 bits per heavy atom. The van der Waals surface area contributed by atoms with Crippen LogP contribution >= 0.6 is 0 Å². The maximum Gasteiger partial charge on any atom is 0.324 e. The van der Waals surface area contributed by atoms with Crippen LogP contribution in [0, 0.1) is 0 Å². The van der Waals surface area contributed by atoms with Crippen LogP contribution in [0.1, 0.15) is 20.8 Å². The maximum atomic E-state index is 10.9.